The van der Waals surface area contributed by atoms with Crippen molar-refractivity contribution in [2.45, 2.75) is 19.9 Å². The normalized spacial score (nSPS) is 22.2. The molecule has 0 aromatic rings. The summed E-state index contributed by atoms with van der Waals surface area (Å²) in [7, 11) is 0. The zero-order chi connectivity index (χ0) is 12.0. The van der Waals surface area contributed by atoms with Crippen LogP contribution in [-0.4, -0.2) is 49.7 Å². The molecule has 1 saturated heterocycles. The van der Waals surface area contributed by atoms with Crippen molar-refractivity contribution in [2.24, 2.45) is 5.92 Å². The lowest BCUT2D eigenvalue weighted by Gasteiger charge is -2.29. The van der Waals surface area contributed by atoms with Crippen LogP contribution in [0.5, 0.6) is 0 Å². The van der Waals surface area contributed by atoms with Crippen LogP contribution >= 0.6 is 0 Å². The second kappa shape index (κ2) is 6.46. The molecule has 2 atom stereocenters. The van der Waals surface area contributed by atoms with E-state index in [9.17, 15) is 4.79 Å². The number of rotatable bonds is 4. The number of carbonyl (C=O) groups is 1. The van der Waals surface area contributed by atoms with E-state index in [-0.39, 0.29) is 17.9 Å². The second-order valence-electron chi connectivity index (χ2n) is 3.99. The third-order valence-corrected chi connectivity index (χ3v) is 2.63. The third kappa shape index (κ3) is 3.47. The van der Waals surface area contributed by atoms with Gasteiger partial charge in [-0.1, -0.05) is 0 Å². The van der Waals surface area contributed by atoms with Gasteiger partial charge in [-0.25, -0.2) is 0 Å². The third-order valence-electron chi connectivity index (χ3n) is 2.63. The largest absolute Gasteiger partial charge is 0.378 e. The SMILES string of the molecule is CCN(CC(C)C#N)C(=O)C1COCCN1. The Morgan fingerprint density at radius 1 is 1.75 bits per heavy atom. The van der Waals surface area contributed by atoms with Crippen LogP contribution in [-0.2, 0) is 9.53 Å². The van der Waals surface area contributed by atoms with E-state index < -0.39 is 0 Å². The Bertz CT molecular complexity index is 269. The first-order chi connectivity index (χ1) is 7.69. The molecule has 0 spiro atoms. The first-order valence-electron chi connectivity index (χ1n) is 5.68. The van der Waals surface area contributed by atoms with Gasteiger partial charge >= 0.3 is 0 Å². The highest BCUT2D eigenvalue weighted by Crippen LogP contribution is 2.04. The lowest BCUT2D eigenvalue weighted by atomic mass is 10.1. The van der Waals surface area contributed by atoms with Crippen LogP contribution in [0.1, 0.15) is 13.8 Å². The van der Waals surface area contributed by atoms with Crippen LogP contribution in [0.3, 0.4) is 0 Å². The molecule has 2 unspecified atom stereocenters. The topological polar surface area (TPSA) is 65.4 Å². The predicted octanol–water partition coefficient (Wildman–Crippen LogP) is -0.0170. The van der Waals surface area contributed by atoms with Gasteiger partial charge in [0.1, 0.15) is 6.04 Å². The zero-order valence-corrected chi connectivity index (χ0v) is 9.90. The zero-order valence-electron chi connectivity index (χ0n) is 9.90. The average molecular weight is 225 g/mol. The fourth-order valence-corrected chi connectivity index (χ4v) is 1.69. The molecule has 90 valence electrons. The molecular formula is C11H19N3O2. The molecule has 1 heterocycles. The van der Waals surface area contributed by atoms with Crippen molar-refractivity contribution >= 4 is 5.91 Å². The minimum absolute atomic E-state index is 0.0318. The Morgan fingerprint density at radius 3 is 3.00 bits per heavy atom. The first-order valence-corrected chi connectivity index (χ1v) is 5.68. The van der Waals surface area contributed by atoms with E-state index in [1.807, 2.05) is 13.8 Å². The van der Waals surface area contributed by atoms with Gasteiger partial charge < -0.3 is 15.0 Å². The van der Waals surface area contributed by atoms with Crippen LogP contribution in [0.15, 0.2) is 0 Å². The van der Waals surface area contributed by atoms with Crippen molar-refractivity contribution in [2.75, 3.05) is 32.8 Å². The number of nitrogens with zero attached hydrogens (tertiary/aromatic N) is 2. The van der Waals surface area contributed by atoms with Gasteiger partial charge in [0.2, 0.25) is 5.91 Å². The van der Waals surface area contributed by atoms with Gasteiger partial charge in [-0.05, 0) is 13.8 Å². The van der Waals surface area contributed by atoms with E-state index in [1.165, 1.54) is 0 Å². The Morgan fingerprint density at radius 2 is 2.50 bits per heavy atom. The second-order valence-corrected chi connectivity index (χ2v) is 3.99. The van der Waals surface area contributed by atoms with Crippen LogP contribution in [0.2, 0.25) is 0 Å². The molecule has 1 aliphatic rings. The van der Waals surface area contributed by atoms with Gasteiger partial charge in [0.15, 0.2) is 0 Å². The van der Waals surface area contributed by atoms with Crippen LogP contribution in [0, 0.1) is 17.2 Å². The van der Waals surface area contributed by atoms with Gasteiger partial charge in [-0.3, -0.25) is 4.79 Å². The maximum absolute atomic E-state index is 12.1. The van der Waals surface area contributed by atoms with Crippen LogP contribution in [0.25, 0.3) is 0 Å². The van der Waals surface area contributed by atoms with Gasteiger partial charge in [0.05, 0.1) is 25.2 Å². The minimum atomic E-state index is -0.250. The monoisotopic (exact) mass is 225 g/mol. The summed E-state index contributed by atoms with van der Waals surface area (Å²) < 4.78 is 5.25. The molecule has 16 heavy (non-hydrogen) atoms. The first kappa shape index (κ1) is 12.9. The highest BCUT2D eigenvalue weighted by molar-refractivity contribution is 5.82. The van der Waals surface area contributed by atoms with Gasteiger partial charge in [0, 0.05) is 19.6 Å². The summed E-state index contributed by atoms with van der Waals surface area (Å²) in [6, 6.07) is 1.89. The van der Waals surface area contributed by atoms with E-state index in [2.05, 4.69) is 11.4 Å². The number of carbonyl (C=O) groups excluding carboxylic acids is 1. The average Bonchev–Trinajstić information content (AvgIpc) is 2.35. The van der Waals surface area contributed by atoms with Gasteiger partial charge in [-0.2, -0.15) is 5.26 Å². The van der Waals surface area contributed by atoms with Crippen LogP contribution in [0.4, 0.5) is 0 Å². The number of likely N-dealkylation sites (N-methyl/N-ethyl adjacent to an activating group) is 1. The Kier molecular flexibility index (Phi) is 5.23. The van der Waals surface area contributed by atoms with E-state index in [4.69, 9.17) is 10.00 Å². The van der Waals surface area contributed by atoms with E-state index >= 15 is 0 Å². The lowest BCUT2D eigenvalue weighted by molar-refractivity contribution is -0.136. The fraction of sp³-hybridized carbons (Fsp3) is 0.818. The number of hydrogen-bond acceptors (Lipinski definition) is 4. The number of amides is 1. The molecule has 1 rings (SSSR count). The number of morpholine rings is 1. The van der Waals surface area contributed by atoms with Crippen molar-refractivity contribution < 1.29 is 9.53 Å². The fourth-order valence-electron chi connectivity index (χ4n) is 1.69. The lowest BCUT2D eigenvalue weighted by Crippen LogP contribution is -2.53. The summed E-state index contributed by atoms with van der Waals surface area (Å²) in [6.07, 6.45) is 0. The van der Waals surface area contributed by atoms with Crippen molar-refractivity contribution in [3.8, 4) is 6.07 Å². The molecule has 0 aromatic carbocycles. The smallest absolute Gasteiger partial charge is 0.242 e. The molecule has 5 heteroatoms. The highest BCUT2D eigenvalue weighted by atomic mass is 16.5. The number of hydrogen-bond donors (Lipinski definition) is 1. The number of nitriles is 1. The maximum Gasteiger partial charge on any atom is 0.242 e. The van der Waals surface area contributed by atoms with Crippen molar-refractivity contribution in [3.63, 3.8) is 0 Å². The summed E-state index contributed by atoms with van der Waals surface area (Å²) in [4.78, 5) is 13.8. The molecule has 0 aliphatic carbocycles. The Hall–Kier alpha value is -1.12. The summed E-state index contributed by atoms with van der Waals surface area (Å²) in [5.41, 5.74) is 0. The van der Waals surface area contributed by atoms with Gasteiger partial charge in [-0.15, -0.1) is 0 Å². The minimum Gasteiger partial charge on any atom is -0.378 e. The number of ether oxygens (including phenoxy) is 1. The van der Waals surface area contributed by atoms with E-state index in [0.717, 1.165) is 0 Å². The van der Waals surface area contributed by atoms with E-state index in [0.29, 0.717) is 32.8 Å². The summed E-state index contributed by atoms with van der Waals surface area (Å²) in [5, 5.41) is 11.9. The predicted molar refractivity (Wildman–Crippen MR) is 59.6 cm³/mol. The molecule has 0 radical (unpaired) electrons. The molecule has 1 N–H and O–H groups in total. The molecule has 1 amide bonds. The summed E-state index contributed by atoms with van der Waals surface area (Å²) >= 11 is 0. The van der Waals surface area contributed by atoms with Crippen molar-refractivity contribution in [1.29, 1.82) is 5.26 Å². The van der Waals surface area contributed by atoms with Crippen molar-refractivity contribution in [3.05, 3.63) is 0 Å². The van der Waals surface area contributed by atoms with Crippen LogP contribution < -0.4 is 5.32 Å². The Labute approximate surface area is 96.4 Å². The molecule has 0 saturated carbocycles. The van der Waals surface area contributed by atoms with Crippen molar-refractivity contribution in [1.82, 2.24) is 10.2 Å². The molecule has 1 aliphatic heterocycles. The quantitative estimate of drug-likeness (QED) is 0.730. The summed E-state index contributed by atoms with van der Waals surface area (Å²) in [6.45, 7) is 6.65. The number of nitrogens with one attached hydrogen (secondary N) is 1. The molecule has 0 bridgehead atoms. The molecule has 1 fully saturated rings. The molecule has 0 aromatic heterocycles. The standard InChI is InChI=1S/C11H19N3O2/c1-3-14(7-9(2)6-12)11(15)10-8-16-5-4-13-10/h9-10,13H,3-5,7-8H2,1-2H3. The Balaban J connectivity index is 2.51. The van der Waals surface area contributed by atoms with E-state index in [1.54, 1.807) is 4.90 Å². The van der Waals surface area contributed by atoms with Gasteiger partial charge in [0.25, 0.3) is 0 Å². The highest BCUT2D eigenvalue weighted by Gasteiger charge is 2.26. The molecular weight excluding hydrogens is 206 g/mol. The molecule has 5 nitrogen and oxygen atoms in total. The summed E-state index contributed by atoms with van der Waals surface area (Å²) in [5.74, 6) is -0.0993. The maximum atomic E-state index is 12.1.